The van der Waals surface area contributed by atoms with Gasteiger partial charge in [-0.15, -0.1) is 0 Å². The minimum Gasteiger partial charge on any atom is -0.349 e. The van der Waals surface area contributed by atoms with Gasteiger partial charge in [-0.2, -0.15) is 0 Å². The molecule has 0 heterocycles. The molecule has 1 atom stereocenters. The van der Waals surface area contributed by atoms with Crippen molar-refractivity contribution in [1.29, 1.82) is 0 Å². The summed E-state index contributed by atoms with van der Waals surface area (Å²) >= 11 is 11.6. The third kappa shape index (κ3) is 5.23. The average Bonchev–Trinajstić information content (AvgIpc) is 2.30. The first-order chi connectivity index (χ1) is 8.75. The Bertz CT molecular complexity index is 459. The SMILES string of the molecule is CC(C)(C)C(CCBr)NC(=O)c1cc(Cl)ccc1I. The molecule has 1 N–H and O–H groups in total. The van der Waals surface area contributed by atoms with Gasteiger partial charge in [0.15, 0.2) is 0 Å². The molecular weight excluding hydrogens is 440 g/mol. The summed E-state index contributed by atoms with van der Waals surface area (Å²) in [5.41, 5.74) is 0.657. The summed E-state index contributed by atoms with van der Waals surface area (Å²) in [5, 5.41) is 4.55. The minimum absolute atomic E-state index is 0.0213. The largest absolute Gasteiger partial charge is 0.349 e. The molecule has 0 radical (unpaired) electrons. The van der Waals surface area contributed by atoms with E-state index in [1.165, 1.54) is 0 Å². The molecular formula is C14H18BrClINO. The molecule has 1 amide bonds. The molecule has 1 rings (SSSR count). The zero-order valence-electron chi connectivity index (χ0n) is 11.3. The zero-order chi connectivity index (χ0) is 14.6. The number of rotatable bonds is 4. The average molecular weight is 459 g/mol. The van der Waals surface area contributed by atoms with Gasteiger partial charge in [0, 0.05) is 20.0 Å². The van der Waals surface area contributed by atoms with Crippen LogP contribution in [-0.2, 0) is 0 Å². The second-order valence-corrected chi connectivity index (χ2v) is 7.89. The Morgan fingerprint density at radius 1 is 1.47 bits per heavy atom. The van der Waals surface area contributed by atoms with Gasteiger partial charge in [0.2, 0.25) is 0 Å². The van der Waals surface area contributed by atoms with E-state index in [4.69, 9.17) is 11.6 Å². The molecule has 1 aromatic carbocycles. The van der Waals surface area contributed by atoms with Gasteiger partial charge in [0.1, 0.15) is 0 Å². The first-order valence-electron chi connectivity index (χ1n) is 6.07. The number of amides is 1. The Hall–Kier alpha value is 0.190. The van der Waals surface area contributed by atoms with Gasteiger partial charge >= 0.3 is 0 Å². The van der Waals surface area contributed by atoms with Crippen LogP contribution in [0.25, 0.3) is 0 Å². The maximum Gasteiger partial charge on any atom is 0.252 e. The second-order valence-electron chi connectivity index (χ2n) is 5.49. The molecule has 0 spiro atoms. The van der Waals surface area contributed by atoms with E-state index in [-0.39, 0.29) is 17.4 Å². The zero-order valence-corrected chi connectivity index (χ0v) is 15.8. The fourth-order valence-corrected chi connectivity index (χ4v) is 2.95. The van der Waals surface area contributed by atoms with Gasteiger partial charge in [-0.1, -0.05) is 48.3 Å². The second kappa shape index (κ2) is 7.27. The molecule has 2 nitrogen and oxygen atoms in total. The van der Waals surface area contributed by atoms with Crippen molar-refractivity contribution >= 4 is 56.0 Å². The molecule has 0 saturated heterocycles. The lowest BCUT2D eigenvalue weighted by Crippen LogP contribution is -2.44. The van der Waals surface area contributed by atoms with Crippen molar-refractivity contribution < 1.29 is 4.79 Å². The van der Waals surface area contributed by atoms with E-state index < -0.39 is 0 Å². The highest BCUT2D eigenvalue weighted by atomic mass is 127. The van der Waals surface area contributed by atoms with E-state index in [2.05, 4.69) is 64.6 Å². The molecule has 0 fully saturated rings. The van der Waals surface area contributed by atoms with Crippen LogP contribution in [0.3, 0.4) is 0 Å². The molecule has 0 aliphatic heterocycles. The van der Waals surface area contributed by atoms with Gasteiger partial charge in [0.05, 0.1) is 5.56 Å². The van der Waals surface area contributed by atoms with Crippen molar-refractivity contribution in [3.63, 3.8) is 0 Å². The molecule has 1 aromatic rings. The monoisotopic (exact) mass is 457 g/mol. The normalized spacial score (nSPS) is 13.2. The Morgan fingerprint density at radius 2 is 2.11 bits per heavy atom. The van der Waals surface area contributed by atoms with Crippen molar-refractivity contribution in [1.82, 2.24) is 5.32 Å². The Kier molecular flexibility index (Phi) is 6.60. The maximum atomic E-state index is 12.4. The van der Waals surface area contributed by atoms with Gasteiger partial charge in [0.25, 0.3) is 5.91 Å². The van der Waals surface area contributed by atoms with Gasteiger partial charge in [-0.25, -0.2) is 0 Å². The topological polar surface area (TPSA) is 29.1 Å². The van der Waals surface area contributed by atoms with E-state index in [9.17, 15) is 4.79 Å². The van der Waals surface area contributed by atoms with Crippen LogP contribution in [-0.4, -0.2) is 17.3 Å². The van der Waals surface area contributed by atoms with Gasteiger partial charge in [-0.3, -0.25) is 4.79 Å². The summed E-state index contributed by atoms with van der Waals surface area (Å²) in [4.78, 5) is 12.4. The van der Waals surface area contributed by atoms with E-state index >= 15 is 0 Å². The third-order valence-electron chi connectivity index (χ3n) is 2.92. The summed E-state index contributed by atoms with van der Waals surface area (Å²) in [6.07, 6.45) is 0.895. The van der Waals surface area contributed by atoms with E-state index in [0.29, 0.717) is 10.6 Å². The minimum atomic E-state index is -0.0622. The number of carbonyl (C=O) groups excluding carboxylic acids is 1. The number of nitrogens with one attached hydrogen (secondary N) is 1. The highest BCUT2D eigenvalue weighted by molar-refractivity contribution is 14.1. The number of benzene rings is 1. The first-order valence-corrected chi connectivity index (χ1v) is 8.65. The lowest BCUT2D eigenvalue weighted by molar-refractivity contribution is 0.0900. The summed E-state index contributed by atoms with van der Waals surface area (Å²) in [6.45, 7) is 6.39. The van der Waals surface area contributed by atoms with Crippen LogP contribution in [0, 0.1) is 8.99 Å². The molecule has 0 aromatic heterocycles. The van der Waals surface area contributed by atoms with E-state index in [1.54, 1.807) is 12.1 Å². The van der Waals surface area contributed by atoms with Crippen LogP contribution in [0.15, 0.2) is 18.2 Å². The lowest BCUT2D eigenvalue weighted by Gasteiger charge is -2.31. The Morgan fingerprint density at radius 3 is 2.63 bits per heavy atom. The van der Waals surface area contributed by atoms with Crippen LogP contribution in [0.1, 0.15) is 37.6 Å². The van der Waals surface area contributed by atoms with E-state index in [0.717, 1.165) is 15.3 Å². The first kappa shape index (κ1) is 17.2. The summed E-state index contributed by atoms with van der Waals surface area (Å²) < 4.78 is 0.908. The quantitative estimate of drug-likeness (QED) is 0.506. The van der Waals surface area contributed by atoms with Crippen molar-refractivity contribution in [3.05, 3.63) is 32.4 Å². The number of hydrogen-bond acceptors (Lipinski definition) is 1. The summed E-state index contributed by atoms with van der Waals surface area (Å²) in [5.74, 6) is -0.0622. The highest BCUT2D eigenvalue weighted by Crippen LogP contribution is 2.24. The number of carbonyl (C=O) groups is 1. The molecule has 1 unspecified atom stereocenters. The fraction of sp³-hybridized carbons (Fsp3) is 0.500. The molecule has 0 saturated carbocycles. The fourth-order valence-electron chi connectivity index (χ4n) is 1.74. The van der Waals surface area contributed by atoms with Crippen molar-refractivity contribution in [2.24, 2.45) is 5.41 Å². The molecule has 19 heavy (non-hydrogen) atoms. The summed E-state index contributed by atoms with van der Waals surface area (Å²) in [6, 6.07) is 5.48. The number of hydrogen-bond donors (Lipinski definition) is 1. The van der Waals surface area contributed by atoms with Gasteiger partial charge < -0.3 is 5.32 Å². The molecule has 5 heteroatoms. The van der Waals surface area contributed by atoms with Crippen LogP contribution in [0.2, 0.25) is 5.02 Å². The standard InChI is InChI=1S/C14H18BrClINO/c1-14(2,3)12(6-7-15)18-13(19)10-8-9(16)4-5-11(10)17/h4-5,8,12H,6-7H2,1-3H3,(H,18,19). The maximum absolute atomic E-state index is 12.4. The van der Waals surface area contributed by atoms with Crippen LogP contribution in [0.4, 0.5) is 0 Å². The smallest absolute Gasteiger partial charge is 0.252 e. The summed E-state index contributed by atoms with van der Waals surface area (Å²) in [7, 11) is 0. The molecule has 0 aliphatic rings. The Labute approximate surface area is 141 Å². The number of halogens is 3. The molecule has 106 valence electrons. The molecule has 0 bridgehead atoms. The number of alkyl halides is 1. The highest BCUT2D eigenvalue weighted by Gasteiger charge is 2.26. The predicted octanol–water partition coefficient (Wildman–Crippen LogP) is 4.87. The van der Waals surface area contributed by atoms with Crippen LogP contribution >= 0.6 is 50.1 Å². The van der Waals surface area contributed by atoms with Gasteiger partial charge in [-0.05, 0) is 52.6 Å². The Balaban J connectivity index is 2.91. The third-order valence-corrected chi connectivity index (χ3v) is 4.56. The van der Waals surface area contributed by atoms with Crippen LogP contribution < -0.4 is 5.32 Å². The van der Waals surface area contributed by atoms with Crippen LogP contribution in [0.5, 0.6) is 0 Å². The predicted molar refractivity (Wildman–Crippen MR) is 93.3 cm³/mol. The lowest BCUT2D eigenvalue weighted by atomic mass is 9.85. The van der Waals surface area contributed by atoms with Crippen molar-refractivity contribution in [2.75, 3.05) is 5.33 Å². The molecule has 0 aliphatic carbocycles. The van der Waals surface area contributed by atoms with Crippen molar-refractivity contribution in [3.8, 4) is 0 Å². The van der Waals surface area contributed by atoms with E-state index in [1.807, 2.05) is 6.07 Å². The van der Waals surface area contributed by atoms with Crippen molar-refractivity contribution in [2.45, 2.75) is 33.2 Å².